The largest absolute Gasteiger partial charge is 0.396 e. The molecule has 4 N–H and O–H groups in total. The third kappa shape index (κ3) is 2.95. The monoisotopic (exact) mass is 337 g/mol. The lowest BCUT2D eigenvalue weighted by atomic mass is 9.47. The lowest BCUT2D eigenvalue weighted by molar-refractivity contribution is -0.137. The van der Waals surface area contributed by atoms with E-state index in [1.165, 1.54) is 0 Å². The van der Waals surface area contributed by atoms with E-state index in [4.69, 9.17) is 5.73 Å². The third-order valence-corrected chi connectivity index (χ3v) is 8.14. The van der Waals surface area contributed by atoms with Crippen molar-refractivity contribution in [1.82, 2.24) is 0 Å². The fraction of sp³-hybridized carbons (Fsp3) is 0.950. The van der Waals surface area contributed by atoms with Crippen molar-refractivity contribution < 1.29 is 15.0 Å². The molecule has 0 bridgehead atoms. The minimum Gasteiger partial charge on any atom is -0.396 e. The summed E-state index contributed by atoms with van der Waals surface area (Å²) in [5.41, 5.74) is 6.45. The van der Waals surface area contributed by atoms with E-state index in [2.05, 4.69) is 13.8 Å². The van der Waals surface area contributed by atoms with Gasteiger partial charge in [0.2, 0.25) is 0 Å². The molecule has 7 atom stereocenters. The molecule has 3 rings (SSSR count). The molecule has 4 nitrogen and oxygen atoms in total. The highest BCUT2D eigenvalue weighted by Crippen LogP contribution is 2.60. The number of aliphatic hydroxyl groups is 2. The number of hydrogen-bond donors (Lipinski definition) is 3. The minimum atomic E-state index is -0.271. The maximum absolute atomic E-state index is 12.0. The number of ketones is 1. The number of fused-ring (bicyclic) bond motifs is 1. The van der Waals surface area contributed by atoms with Crippen LogP contribution in [-0.2, 0) is 4.79 Å². The lowest BCUT2D eigenvalue weighted by Gasteiger charge is -2.58. The van der Waals surface area contributed by atoms with E-state index in [1.54, 1.807) is 0 Å². The number of hydrogen-bond acceptors (Lipinski definition) is 4. The zero-order valence-corrected chi connectivity index (χ0v) is 15.3. The van der Waals surface area contributed by atoms with Gasteiger partial charge in [-0.1, -0.05) is 13.8 Å². The second-order valence-corrected chi connectivity index (χ2v) is 9.37. The Bertz CT molecular complexity index is 482. The Kier molecular flexibility index (Phi) is 5.12. The Labute approximate surface area is 146 Å². The summed E-state index contributed by atoms with van der Waals surface area (Å²) in [6.45, 7) is 5.45. The van der Waals surface area contributed by atoms with Crippen LogP contribution in [0.3, 0.4) is 0 Å². The van der Waals surface area contributed by atoms with Crippen LogP contribution in [0.5, 0.6) is 0 Å². The zero-order valence-electron chi connectivity index (χ0n) is 15.3. The molecule has 3 fully saturated rings. The molecular weight excluding hydrogens is 302 g/mol. The number of rotatable bonds is 3. The number of aliphatic hydroxyl groups excluding tert-OH is 2. The molecular formula is C20H35NO3. The highest BCUT2D eigenvalue weighted by molar-refractivity contribution is 5.80. The molecule has 4 heteroatoms. The lowest BCUT2D eigenvalue weighted by Crippen LogP contribution is -2.55. The van der Waals surface area contributed by atoms with Crippen LogP contribution in [0.2, 0.25) is 0 Å². The van der Waals surface area contributed by atoms with Crippen molar-refractivity contribution in [3.05, 3.63) is 0 Å². The Morgan fingerprint density at radius 1 is 1.17 bits per heavy atom. The summed E-state index contributed by atoms with van der Waals surface area (Å²) in [5.74, 6) is 2.05. The van der Waals surface area contributed by atoms with Crippen LogP contribution in [0.4, 0.5) is 0 Å². The topological polar surface area (TPSA) is 83.6 Å². The second kappa shape index (κ2) is 6.69. The molecule has 3 aliphatic rings. The van der Waals surface area contributed by atoms with E-state index in [9.17, 15) is 15.0 Å². The fourth-order valence-electron chi connectivity index (χ4n) is 6.64. The van der Waals surface area contributed by atoms with Gasteiger partial charge in [-0.3, -0.25) is 4.79 Å². The molecule has 0 aromatic rings. The summed E-state index contributed by atoms with van der Waals surface area (Å²) >= 11 is 0. The molecule has 0 unspecified atom stereocenters. The molecule has 0 aliphatic heterocycles. The van der Waals surface area contributed by atoms with Crippen LogP contribution in [0.25, 0.3) is 0 Å². The Balaban J connectivity index is 1.87. The van der Waals surface area contributed by atoms with E-state index >= 15 is 0 Å². The molecule has 0 heterocycles. The van der Waals surface area contributed by atoms with Gasteiger partial charge in [-0.25, -0.2) is 0 Å². The summed E-state index contributed by atoms with van der Waals surface area (Å²) < 4.78 is 0. The molecule has 0 aromatic carbocycles. The summed E-state index contributed by atoms with van der Waals surface area (Å²) in [4.78, 5) is 12.0. The number of carbonyl (C=O) groups excluding carboxylic acids is 1. The normalized spacial score (nSPS) is 49.7. The number of carbonyl (C=O) groups is 1. The summed E-state index contributed by atoms with van der Waals surface area (Å²) in [6, 6.07) is 0. The average molecular weight is 338 g/mol. The molecule has 24 heavy (non-hydrogen) atoms. The van der Waals surface area contributed by atoms with Gasteiger partial charge in [0.05, 0.1) is 6.10 Å². The smallest absolute Gasteiger partial charge is 0.133 e. The molecule has 3 aliphatic carbocycles. The quantitative estimate of drug-likeness (QED) is 0.739. The van der Waals surface area contributed by atoms with Gasteiger partial charge >= 0.3 is 0 Å². The Hall–Kier alpha value is -0.450. The first-order valence-corrected chi connectivity index (χ1v) is 9.84. The van der Waals surface area contributed by atoms with Gasteiger partial charge in [0.25, 0.3) is 0 Å². The molecule has 138 valence electrons. The van der Waals surface area contributed by atoms with Crippen molar-refractivity contribution in [1.29, 1.82) is 0 Å². The van der Waals surface area contributed by atoms with Gasteiger partial charge in [-0.2, -0.15) is 0 Å². The molecule has 0 amide bonds. The van der Waals surface area contributed by atoms with Crippen LogP contribution >= 0.6 is 0 Å². The third-order valence-electron chi connectivity index (χ3n) is 8.14. The van der Waals surface area contributed by atoms with Gasteiger partial charge in [0, 0.05) is 19.4 Å². The Morgan fingerprint density at radius 2 is 1.92 bits per heavy atom. The van der Waals surface area contributed by atoms with Crippen LogP contribution in [0.1, 0.15) is 65.2 Å². The maximum atomic E-state index is 12.0. The first-order valence-electron chi connectivity index (χ1n) is 9.84. The Morgan fingerprint density at radius 3 is 2.58 bits per heavy atom. The molecule has 0 aromatic heterocycles. The molecule has 0 radical (unpaired) electrons. The van der Waals surface area contributed by atoms with Crippen molar-refractivity contribution in [3.8, 4) is 0 Å². The summed E-state index contributed by atoms with van der Waals surface area (Å²) in [5, 5.41) is 20.0. The van der Waals surface area contributed by atoms with Gasteiger partial charge in [-0.15, -0.1) is 0 Å². The fourth-order valence-corrected chi connectivity index (χ4v) is 6.64. The van der Waals surface area contributed by atoms with Crippen molar-refractivity contribution in [2.45, 2.75) is 71.3 Å². The van der Waals surface area contributed by atoms with E-state index in [0.29, 0.717) is 42.9 Å². The molecule has 0 saturated heterocycles. The van der Waals surface area contributed by atoms with E-state index < -0.39 is 0 Å². The van der Waals surface area contributed by atoms with Gasteiger partial charge in [0.1, 0.15) is 5.78 Å². The van der Waals surface area contributed by atoms with Gasteiger partial charge < -0.3 is 15.9 Å². The van der Waals surface area contributed by atoms with Gasteiger partial charge in [-0.05, 0) is 79.6 Å². The highest BCUT2D eigenvalue weighted by Gasteiger charge is 2.55. The van der Waals surface area contributed by atoms with Crippen LogP contribution in [-0.4, -0.2) is 35.3 Å². The molecule has 3 saturated carbocycles. The standard InChI is InChI=1S/C20H35NO3/c1-19-7-6-18(16(11-21)17(19)4-3-15(24)10-19)20(2)8-5-14(23)9-13(20)12-22/h13-14,16-18,22-23H,3-12,21H2,1-2H3/t13-,14+,16+,17+,18+,19-,20+/m1/s1. The maximum Gasteiger partial charge on any atom is 0.133 e. The average Bonchev–Trinajstić information content (AvgIpc) is 2.55. The van der Waals surface area contributed by atoms with E-state index in [1.807, 2.05) is 0 Å². The number of nitrogens with two attached hydrogens (primary N) is 1. The minimum absolute atomic E-state index is 0.0564. The van der Waals surface area contributed by atoms with Crippen molar-refractivity contribution in [2.75, 3.05) is 13.2 Å². The first-order chi connectivity index (χ1) is 11.3. The second-order valence-electron chi connectivity index (χ2n) is 9.37. The predicted molar refractivity (Wildman–Crippen MR) is 94.3 cm³/mol. The van der Waals surface area contributed by atoms with E-state index in [-0.39, 0.29) is 29.5 Å². The van der Waals surface area contributed by atoms with Gasteiger partial charge in [0.15, 0.2) is 0 Å². The van der Waals surface area contributed by atoms with Crippen LogP contribution in [0, 0.1) is 34.5 Å². The van der Waals surface area contributed by atoms with Crippen molar-refractivity contribution in [2.24, 2.45) is 40.2 Å². The highest BCUT2D eigenvalue weighted by atomic mass is 16.3. The van der Waals surface area contributed by atoms with Crippen LogP contribution < -0.4 is 5.73 Å². The predicted octanol–water partition coefficient (Wildman–Crippen LogP) is 2.51. The van der Waals surface area contributed by atoms with E-state index in [0.717, 1.165) is 38.5 Å². The van der Waals surface area contributed by atoms with Crippen molar-refractivity contribution >= 4 is 5.78 Å². The summed E-state index contributed by atoms with van der Waals surface area (Å²) in [7, 11) is 0. The molecule has 0 spiro atoms. The summed E-state index contributed by atoms with van der Waals surface area (Å²) in [6.07, 6.45) is 6.86. The van der Waals surface area contributed by atoms with Crippen molar-refractivity contribution in [3.63, 3.8) is 0 Å². The van der Waals surface area contributed by atoms with Crippen LogP contribution in [0.15, 0.2) is 0 Å². The first kappa shape index (κ1) is 18.3. The SMILES string of the molecule is C[C@]12CC[C@H]([C@@]3(C)CC[C@H](O)C[C@@H]3CO)[C@@H](CN)[C@@H]1CCC(=O)C2. The number of Topliss-reactive ketones (excluding diaryl/α,β-unsaturated/α-hetero) is 1. The zero-order chi connectivity index (χ0) is 17.5.